The quantitative estimate of drug-likeness (QED) is 0.653. The van der Waals surface area contributed by atoms with E-state index in [-0.39, 0.29) is 6.61 Å². The molecule has 1 aromatic heterocycles. The van der Waals surface area contributed by atoms with Crippen LogP contribution in [0.4, 0.5) is 0 Å². The van der Waals surface area contributed by atoms with Crippen molar-refractivity contribution in [1.29, 1.82) is 5.41 Å². The van der Waals surface area contributed by atoms with Gasteiger partial charge >= 0.3 is 0 Å². The largest absolute Gasteiger partial charge is 0.497 e. The van der Waals surface area contributed by atoms with Crippen molar-refractivity contribution in [3.8, 4) is 11.5 Å². The van der Waals surface area contributed by atoms with E-state index in [1.807, 2.05) is 57.7 Å². The maximum absolute atomic E-state index is 10.4. The van der Waals surface area contributed by atoms with Gasteiger partial charge in [-0.15, -0.1) is 0 Å². The summed E-state index contributed by atoms with van der Waals surface area (Å²) in [6.45, 7) is 3.35. The van der Waals surface area contributed by atoms with Crippen LogP contribution in [0.2, 0.25) is 0 Å². The molecule has 26 heavy (non-hydrogen) atoms. The topological polar surface area (TPSA) is 72.4 Å². The number of hydrogen-bond acceptors (Lipinski definition) is 4. The minimum atomic E-state index is -0.716. The van der Waals surface area contributed by atoms with Crippen LogP contribution in [-0.4, -0.2) is 34.1 Å². The zero-order valence-corrected chi connectivity index (χ0v) is 15.2. The van der Waals surface area contributed by atoms with Crippen LogP contribution in [-0.2, 0) is 13.1 Å². The van der Waals surface area contributed by atoms with Crippen LogP contribution in [0, 0.1) is 5.41 Å². The fraction of sp³-hybridized carbons (Fsp3) is 0.350. The van der Waals surface area contributed by atoms with E-state index in [4.69, 9.17) is 14.9 Å². The highest BCUT2D eigenvalue weighted by Crippen LogP contribution is 2.18. The fourth-order valence-electron chi connectivity index (χ4n) is 3.06. The van der Waals surface area contributed by atoms with E-state index in [9.17, 15) is 5.11 Å². The third-order valence-corrected chi connectivity index (χ3v) is 4.32. The second-order valence-corrected chi connectivity index (χ2v) is 6.21. The number of imidazole rings is 1. The third-order valence-electron chi connectivity index (χ3n) is 4.32. The van der Waals surface area contributed by atoms with Crippen molar-refractivity contribution in [2.24, 2.45) is 0 Å². The summed E-state index contributed by atoms with van der Waals surface area (Å²) in [5.41, 5.74) is 2.37. The summed E-state index contributed by atoms with van der Waals surface area (Å²) in [5.74, 6) is 1.44. The van der Waals surface area contributed by atoms with Crippen LogP contribution in [0.3, 0.4) is 0 Å². The van der Waals surface area contributed by atoms with Crippen LogP contribution in [0.15, 0.2) is 48.5 Å². The number of nitrogens with one attached hydrogen (secondary N) is 1. The molecule has 0 fully saturated rings. The highest BCUT2D eigenvalue weighted by Gasteiger charge is 2.14. The van der Waals surface area contributed by atoms with Crippen molar-refractivity contribution >= 4 is 11.0 Å². The number of fused-ring (bicyclic) bond motifs is 1. The van der Waals surface area contributed by atoms with E-state index in [0.29, 0.717) is 17.9 Å². The number of aromatic nitrogens is 2. The average Bonchev–Trinajstić information content (AvgIpc) is 2.93. The van der Waals surface area contributed by atoms with Crippen LogP contribution in [0.5, 0.6) is 11.5 Å². The molecule has 0 bridgehead atoms. The zero-order valence-electron chi connectivity index (χ0n) is 15.2. The number of benzene rings is 2. The highest BCUT2D eigenvalue weighted by molar-refractivity contribution is 5.75. The highest BCUT2D eigenvalue weighted by atomic mass is 16.5. The predicted octanol–water partition coefficient (Wildman–Crippen LogP) is 2.78. The van der Waals surface area contributed by atoms with Gasteiger partial charge in [-0.25, -0.2) is 0 Å². The maximum atomic E-state index is 10.4. The smallest absolute Gasteiger partial charge is 0.203 e. The van der Waals surface area contributed by atoms with Gasteiger partial charge in [-0.3, -0.25) is 5.41 Å². The van der Waals surface area contributed by atoms with Gasteiger partial charge in [0, 0.05) is 6.54 Å². The lowest BCUT2D eigenvalue weighted by Gasteiger charge is -2.14. The molecule has 2 N–H and O–H groups in total. The first-order chi connectivity index (χ1) is 12.6. The van der Waals surface area contributed by atoms with Crippen LogP contribution >= 0.6 is 0 Å². The Morgan fingerprint density at radius 2 is 1.62 bits per heavy atom. The molecule has 1 unspecified atom stereocenters. The summed E-state index contributed by atoms with van der Waals surface area (Å²) in [6, 6.07) is 15.2. The summed E-state index contributed by atoms with van der Waals surface area (Å²) in [5, 5.41) is 18.9. The van der Waals surface area contributed by atoms with Crippen molar-refractivity contribution in [2.75, 3.05) is 13.7 Å². The molecule has 0 aliphatic carbocycles. The third kappa shape index (κ3) is 3.75. The van der Waals surface area contributed by atoms with Gasteiger partial charge in [0.1, 0.15) is 24.2 Å². The molecule has 3 rings (SSSR count). The van der Waals surface area contributed by atoms with E-state index in [2.05, 4.69) is 6.92 Å². The molecule has 3 aromatic rings. The molecule has 0 aliphatic rings. The normalized spacial score (nSPS) is 12.3. The lowest BCUT2D eigenvalue weighted by molar-refractivity contribution is 0.0920. The number of aryl methyl sites for hydroxylation is 1. The lowest BCUT2D eigenvalue weighted by Crippen LogP contribution is -2.31. The summed E-state index contributed by atoms with van der Waals surface area (Å²) in [4.78, 5) is 0. The zero-order chi connectivity index (χ0) is 18.5. The van der Waals surface area contributed by atoms with E-state index >= 15 is 0 Å². The fourth-order valence-corrected chi connectivity index (χ4v) is 3.06. The van der Waals surface area contributed by atoms with Gasteiger partial charge in [0.05, 0.1) is 24.7 Å². The van der Waals surface area contributed by atoms with Gasteiger partial charge in [-0.05, 0) is 42.8 Å². The summed E-state index contributed by atoms with van der Waals surface area (Å²) in [6.07, 6.45) is 0.236. The van der Waals surface area contributed by atoms with Crippen molar-refractivity contribution in [2.45, 2.75) is 32.5 Å². The first-order valence-corrected chi connectivity index (χ1v) is 8.81. The molecule has 6 heteroatoms. The molecular formula is C20H25N3O3. The number of ether oxygens (including phenoxy) is 2. The maximum Gasteiger partial charge on any atom is 0.203 e. The van der Waals surface area contributed by atoms with Gasteiger partial charge < -0.3 is 23.7 Å². The monoisotopic (exact) mass is 355 g/mol. The number of hydrogen-bond donors (Lipinski definition) is 2. The van der Waals surface area contributed by atoms with Crippen LogP contribution < -0.4 is 15.1 Å². The Morgan fingerprint density at radius 3 is 2.23 bits per heavy atom. The summed E-state index contributed by atoms with van der Waals surface area (Å²) < 4.78 is 14.6. The van der Waals surface area contributed by atoms with Crippen molar-refractivity contribution in [1.82, 2.24) is 9.13 Å². The van der Waals surface area contributed by atoms with Crippen LogP contribution in [0.25, 0.3) is 11.0 Å². The molecule has 0 amide bonds. The Balaban J connectivity index is 1.73. The SMILES string of the molecule is CCCn1c(=N)n(CC(O)COc2ccc(OC)cc2)c2ccccc21. The van der Waals surface area contributed by atoms with E-state index in [1.165, 1.54) is 0 Å². The first kappa shape index (κ1) is 18.1. The van der Waals surface area contributed by atoms with Gasteiger partial charge in [0.2, 0.25) is 5.62 Å². The molecule has 0 aliphatic heterocycles. The Morgan fingerprint density at radius 1 is 1.00 bits per heavy atom. The first-order valence-electron chi connectivity index (χ1n) is 8.81. The average molecular weight is 355 g/mol. The standard InChI is InChI=1S/C20H25N3O3/c1-3-12-22-18-6-4-5-7-19(18)23(20(22)21)13-15(24)14-26-17-10-8-16(25-2)9-11-17/h4-11,15,21,24H,3,12-14H2,1-2H3. The van der Waals surface area contributed by atoms with Crippen molar-refractivity contribution < 1.29 is 14.6 Å². The Bertz CT molecular complexity index is 912. The molecule has 2 aromatic carbocycles. The minimum Gasteiger partial charge on any atom is -0.497 e. The van der Waals surface area contributed by atoms with Crippen molar-refractivity contribution in [3.05, 3.63) is 54.1 Å². The Kier molecular flexibility index (Phi) is 5.63. The number of nitrogens with zero attached hydrogens (tertiary/aromatic N) is 2. The molecule has 1 heterocycles. The van der Waals surface area contributed by atoms with Crippen molar-refractivity contribution in [3.63, 3.8) is 0 Å². The Hall–Kier alpha value is -2.73. The number of methoxy groups -OCH3 is 1. The van der Waals surface area contributed by atoms with Gasteiger partial charge in [0.25, 0.3) is 0 Å². The molecule has 0 saturated heterocycles. The summed E-state index contributed by atoms with van der Waals surface area (Å²) >= 11 is 0. The number of aliphatic hydroxyl groups excluding tert-OH is 1. The van der Waals surface area contributed by atoms with Gasteiger partial charge in [0.15, 0.2) is 0 Å². The molecule has 0 saturated carbocycles. The molecule has 6 nitrogen and oxygen atoms in total. The van der Waals surface area contributed by atoms with E-state index < -0.39 is 6.10 Å². The molecule has 0 spiro atoms. The molecular weight excluding hydrogens is 330 g/mol. The Labute approximate surface area is 152 Å². The lowest BCUT2D eigenvalue weighted by atomic mass is 10.3. The number of aliphatic hydroxyl groups is 1. The predicted molar refractivity (Wildman–Crippen MR) is 101 cm³/mol. The second-order valence-electron chi connectivity index (χ2n) is 6.21. The molecule has 0 radical (unpaired) electrons. The number of rotatable bonds is 8. The van der Waals surface area contributed by atoms with Gasteiger partial charge in [-0.2, -0.15) is 0 Å². The van der Waals surface area contributed by atoms with Crippen LogP contribution in [0.1, 0.15) is 13.3 Å². The number of para-hydroxylation sites is 2. The minimum absolute atomic E-state index is 0.159. The molecule has 1 atom stereocenters. The van der Waals surface area contributed by atoms with Gasteiger partial charge in [-0.1, -0.05) is 19.1 Å². The summed E-state index contributed by atoms with van der Waals surface area (Å²) in [7, 11) is 1.62. The van der Waals surface area contributed by atoms with E-state index in [0.717, 1.165) is 29.7 Å². The molecule has 138 valence electrons. The van der Waals surface area contributed by atoms with E-state index in [1.54, 1.807) is 7.11 Å². The second kappa shape index (κ2) is 8.10.